The van der Waals surface area contributed by atoms with Gasteiger partial charge in [-0.3, -0.25) is 14.3 Å². The summed E-state index contributed by atoms with van der Waals surface area (Å²) < 4.78 is 12.3. The number of rotatable bonds is 9. The lowest BCUT2D eigenvalue weighted by atomic mass is 10.2. The highest BCUT2D eigenvalue weighted by molar-refractivity contribution is 5.63. The molecule has 2 heterocycles. The summed E-state index contributed by atoms with van der Waals surface area (Å²) in [5, 5.41) is 0. The highest BCUT2D eigenvalue weighted by Gasteiger charge is 2.21. The van der Waals surface area contributed by atoms with Crippen molar-refractivity contribution in [3.8, 4) is 11.3 Å². The molecule has 0 atom stereocenters. The topological polar surface area (TPSA) is 119 Å². The van der Waals surface area contributed by atoms with Crippen LogP contribution in [0.1, 0.15) is 11.5 Å². The Morgan fingerprint density at radius 2 is 1.76 bits per heavy atom. The number of hydrogen-bond acceptors (Lipinski definition) is 7. The zero-order valence-electron chi connectivity index (χ0n) is 18.2. The van der Waals surface area contributed by atoms with Crippen LogP contribution in [0.15, 0.2) is 80.9 Å². The van der Waals surface area contributed by atoms with Gasteiger partial charge in [-0.1, -0.05) is 60.7 Å². The molecule has 33 heavy (non-hydrogen) atoms. The Balaban J connectivity index is 1.73. The van der Waals surface area contributed by atoms with E-state index in [1.807, 2.05) is 60.7 Å². The summed E-state index contributed by atoms with van der Waals surface area (Å²) in [5.41, 5.74) is 7.20. The molecular weight excluding hydrogens is 422 g/mol. The van der Waals surface area contributed by atoms with Crippen molar-refractivity contribution >= 4 is 11.5 Å². The molecule has 0 saturated carbocycles. The van der Waals surface area contributed by atoms with Gasteiger partial charge in [0.25, 0.3) is 5.56 Å². The molecular formula is C24H25N5O4. The lowest BCUT2D eigenvalue weighted by Gasteiger charge is -2.25. The third kappa shape index (κ3) is 5.04. The van der Waals surface area contributed by atoms with Crippen LogP contribution in [0, 0.1) is 0 Å². The maximum Gasteiger partial charge on any atom is 0.330 e. The number of ether oxygens (including phenoxy) is 1. The largest absolute Gasteiger partial charge is 0.439 e. The Bertz CT molecular complexity index is 1310. The minimum atomic E-state index is -0.583. The summed E-state index contributed by atoms with van der Waals surface area (Å²) >= 11 is 0. The van der Waals surface area contributed by atoms with Crippen molar-refractivity contribution in [3.05, 3.63) is 99.2 Å². The van der Waals surface area contributed by atoms with E-state index in [9.17, 15) is 9.59 Å². The molecule has 0 spiro atoms. The Kier molecular flexibility index (Phi) is 6.70. The summed E-state index contributed by atoms with van der Waals surface area (Å²) in [6, 6.07) is 19.3. The SMILES string of the molecule is COCCn1c(N)c(N(Cc2ccccc2)Cc2ncc(-c3ccccc3)o2)c(=O)[nH]c1=O. The van der Waals surface area contributed by atoms with E-state index in [0.29, 0.717) is 18.2 Å². The molecule has 0 aliphatic carbocycles. The number of nitrogens with zero attached hydrogens (tertiary/aromatic N) is 3. The first-order valence-corrected chi connectivity index (χ1v) is 10.5. The second kappa shape index (κ2) is 10.0. The number of aromatic nitrogens is 3. The molecule has 9 nitrogen and oxygen atoms in total. The third-order valence-corrected chi connectivity index (χ3v) is 5.20. The van der Waals surface area contributed by atoms with Gasteiger partial charge >= 0.3 is 5.69 Å². The number of benzene rings is 2. The number of oxazole rings is 1. The molecule has 0 aliphatic rings. The van der Waals surface area contributed by atoms with E-state index in [2.05, 4.69) is 9.97 Å². The van der Waals surface area contributed by atoms with Crippen molar-refractivity contribution in [2.24, 2.45) is 0 Å². The molecule has 0 unspecified atom stereocenters. The first kappa shape index (κ1) is 22.1. The fraction of sp³-hybridized carbons (Fsp3) is 0.208. The second-order valence-electron chi connectivity index (χ2n) is 7.46. The van der Waals surface area contributed by atoms with Crippen LogP contribution < -0.4 is 21.9 Å². The molecule has 0 bridgehead atoms. The lowest BCUT2D eigenvalue weighted by Crippen LogP contribution is -2.38. The first-order valence-electron chi connectivity index (χ1n) is 10.5. The van der Waals surface area contributed by atoms with Gasteiger partial charge in [0.05, 0.1) is 25.9 Å². The maximum absolute atomic E-state index is 12.9. The van der Waals surface area contributed by atoms with Crippen LogP contribution in [0.2, 0.25) is 0 Å². The zero-order chi connectivity index (χ0) is 23.2. The Hall–Kier alpha value is -4.11. The van der Waals surface area contributed by atoms with Gasteiger partial charge in [0.2, 0.25) is 5.89 Å². The molecule has 0 amide bonds. The van der Waals surface area contributed by atoms with Crippen LogP contribution in [0.5, 0.6) is 0 Å². The van der Waals surface area contributed by atoms with Crippen molar-refractivity contribution in [2.75, 3.05) is 24.4 Å². The number of H-pyrrole nitrogens is 1. The monoisotopic (exact) mass is 447 g/mol. The normalized spacial score (nSPS) is 10.9. The highest BCUT2D eigenvalue weighted by atomic mass is 16.5. The standard InChI is InChI=1S/C24H25N5O4/c1-32-13-12-29-22(25)21(23(30)27-24(29)31)28(15-17-8-4-2-5-9-17)16-20-26-14-19(33-20)18-10-6-3-7-11-18/h2-11,14H,12-13,15-16,25H2,1H3,(H,27,30,31). The molecule has 0 radical (unpaired) electrons. The van der Waals surface area contributed by atoms with Crippen LogP contribution in [0.4, 0.5) is 11.5 Å². The van der Waals surface area contributed by atoms with E-state index >= 15 is 0 Å². The van der Waals surface area contributed by atoms with Crippen molar-refractivity contribution in [1.82, 2.24) is 14.5 Å². The van der Waals surface area contributed by atoms with Crippen LogP contribution in [-0.4, -0.2) is 28.3 Å². The number of methoxy groups -OCH3 is 1. The minimum absolute atomic E-state index is 0.0616. The number of nitrogen functional groups attached to an aromatic ring is 1. The molecule has 9 heteroatoms. The van der Waals surface area contributed by atoms with Gasteiger partial charge in [-0.25, -0.2) is 9.78 Å². The number of aromatic amines is 1. The number of anilines is 2. The molecule has 4 rings (SSSR count). The predicted octanol–water partition coefficient (Wildman–Crippen LogP) is 2.63. The molecule has 2 aromatic heterocycles. The highest BCUT2D eigenvalue weighted by Crippen LogP contribution is 2.24. The quantitative estimate of drug-likeness (QED) is 0.405. The van der Waals surface area contributed by atoms with Gasteiger partial charge < -0.3 is 19.8 Å². The van der Waals surface area contributed by atoms with E-state index in [-0.39, 0.29) is 31.2 Å². The minimum Gasteiger partial charge on any atom is -0.439 e. The second-order valence-corrected chi connectivity index (χ2v) is 7.46. The third-order valence-electron chi connectivity index (χ3n) is 5.20. The maximum atomic E-state index is 12.9. The van der Waals surface area contributed by atoms with Gasteiger partial charge in [-0.2, -0.15) is 0 Å². The van der Waals surface area contributed by atoms with Crippen LogP contribution >= 0.6 is 0 Å². The number of nitrogens with one attached hydrogen (secondary N) is 1. The Morgan fingerprint density at radius 1 is 1.06 bits per heavy atom. The van der Waals surface area contributed by atoms with Crippen molar-refractivity contribution < 1.29 is 9.15 Å². The van der Waals surface area contributed by atoms with Gasteiger partial charge in [0.15, 0.2) is 5.76 Å². The van der Waals surface area contributed by atoms with Crippen LogP contribution in [0.3, 0.4) is 0 Å². The summed E-state index contributed by atoms with van der Waals surface area (Å²) in [6.45, 7) is 1.02. The molecule has 2 aromatic carbocycles. The number of nitrogens with two attached hydrogens (primary N) is 1. The molecule has 0 saturated heterocycles. The van der Waals surface area contributed by atoms with Crippen LogP contribution in [0.25, 0.3) is 11.3 Å². The fourth-order valence-electron chi connectivity index (χ4n) is 3.59. The van der Waals surface area contributed by atoms with E-state index in [0.717, 1.165) is 11.1 Å². The lowest BCUT2D eigenvalue weighted by molar-refractivity contribution is 0.186. The number of hydrogen-bond donors (Lipinski definition) is 2. The molecule has 170 valence electrons. The molecule has 3 N–H and O–H groups in total. The molecule has 0 aliphatic heterocycles. The van der Waals surface area contributed by atoms with Gasteiger partial charge in [0.1, 0.15) is 11.5 Å². The van der Waals surface area contributed by atoms with Crippen molar-refractivity contribution in [3.63, 3.8) is 0 Å². The first-order chi connectivity index (χ1) is 16.1. The molecule has 4 aromatic rings. The van der Waals surface area contributed by atoms with Gasteiger partial charge in [-0.15, -0.1) is 0 Å². The predicted molar refractivity (Wildman–Crippen MR) is 126 cm³/mol. The van der Waals surface area contributed by atoms with Crippen molar-refractivity contribution in [2.45, 2.75) is 19.6 Å². The van der Waals surface area contributed by atoms with E-state index in [1.54, 1.807) is 11.1 Å². The average Bonchev–Trinajstić information content (AvgIpc) is 3.28. The van der Waals surface area contributed by atoms with Crippen molar-refractivity contribution in [1.29, 1.82) is 0 Å². The summed E-state index contributed by atoms with van der Waals surface area (Å²) in [6.07, 6.45) is 1.65. The summed E-state index contributed by atoms with van der Waals surface area (Å²) in [4.78, 5) is 33.7. The van der Waals surface area contributed by atoms with Gasteiger partial charge in [-0.05, 0) is 5.56 Å². The van der Waals surface area contributed by atoms with Crippen LogP contribution in [-0.2, 0) is 24.4 Å². The zero-order valence-corrected chi connectivity index (χ0v) is 18.2. The Labute approximate surface area is 190 Å². The van der Waals surface area contributed by atoms with E-state index < -0.39 is 11.2 Å². The Morgan fingerprint density at radius 3 is 2.45 bits per heavy atom. The van der Waals surface area contributed by atoms with E-state index in [1.165, 1.54) is 11.7 Å². The van der Waals surface area contributed by atoms with E-state index in [4.69, 9.17) is 14.9 Å². The average molecular weight is 447 g/mol. The smallest absolute Gasteiger partial charge is 0.330 e. The van der Waals surface area contributed by atoms with Gasteiger partial charge in [0, 0.05) is 19.2 Å². The molecule has 0 fully saturated rings. The summed E-state index contributed by atoms with van der Waals surface area (Å²) in [7, 11) is 1.53. The summed E-state index contributed by atoms with van der Waals surface area (Å²) in [5.74, 6) is 1.10. The fourth-order valence-corrected chi connectivity index (χ4v) is 3.59.